The molecule has 0 aliphatic carbocycles. The summed E-state index contributed by atoms with van der Waals surface area (Å²) in [5.41, 5.74) is 3.03. The van der Waals surface area contributed by atoms with E-state index in [-0.39, 0.29) is 0 Å². The topological polar surface area (TPSA) is 88.1 Å². The molecule has 2 aromatic heterocycles. The van der Waals surface area contributed by atoms with Crippen molar-refractivity contribution in [3.05, 3.63) is 52.1 Å². The van der Waals surface area contributed by atoms with Crippen LogP contribution in [0.2, 0.25) is 0 Å². The van der Waals surface area contributed by atoms with E-state index < -0.39 is 12.0 Å². The Hall–Kier alpha value is -2.73. The number of rotatable bonds is 0. The highest BCUT2D eigenvalue weighted by Gasteiger charge is 2.26. The first-order valence-corrected chi connectivity index (χ1v) is 6.47. The molecule has 6 nitrogen and oxygen atoms in total. The summed E-state index contributed by atoms with van der Waals surface area (Å²) in [4.78, 5) is 22.1. The third kappa shape index (κ3) is 1.80. The number of H-pyrrole nitrogens is 1. The fourth-order valence-corrected chi connectivity index (χ4v) is 2.52. The highest BCUT2D eigenvalue weighted by atomic mass is 16.6. The van der Waals surface area contributed by atoms with Crippen molar-refractivity contribution in [2.75, 3.05) is 0 Å². The van der Waals surface area contributed by atoms with E-state index in [1.807, 2.05) is 19.1 Å². The number of aryl methyl sites for hydroxylation is 1. The molecule has 0 bridgehead atoms. The number of nitrogens with zero attached hydrogens (tertiary/aromatic N) is 2. The summed E-state index contributed by atoms with van der Waals surface area (Å²) in [5.74, 6) is 0.573. The van der Waals surface area contributed by atoms with Crippen LogP contribution in [0.15, 0.2) is 35.3 Å². The van der Waals surface area contributed by atoms with Gasteiger partial charge in [0.25, 0.3) is 0 Å². The first-order chi connectivity index (χ1) is 10.1. The van der Waals surface area contributed by atoms with Gasteiger partial charge >= 0.3 is 5.69 Å². The average Bonchev–Trinajstić information content (AvgIpc) is 2.47. The van der Waals surface area contributed by atoms with Crippen molar-refractivity contribution in [1.29, 1.82) is 0 Å². The first-order valence-electron chi connectivity index (χ1n) is 6.47. The van der Waals surface area contributed by atoms with Crippen molar-refractivity contribution in [2.45, 2.75) is 13.2 Å². The molecule has 4 rings (SSSR count). The van der Waals surface area contributed by atoms with Crippen molar-refractivity contribution in [1.82, 2.24) is 15.0 Å². The SMILES string of the molecule is Cc1ccc2c(c1)-c1nc3[nH]c(=O)ncc3cc1C(O)O2. The van der Waals surface area contributed by atoms with Crippen molar-refractivity contribution in [3.63, 3.8) is 0 Å². The predicted octanol–water partition coefficient (Wildman–Crippen LogP) is 1.68. The Balaban J connectivity index is 2.08. The zero-order valence-corrected chi connectivity index (χ0v) is 11.1. The third-order valence-corrected chi connectivity index (χ3v) is 3.52. The normalized spacial score (nSPS) is 16.2. The number of aromatic amines is 1. The fraction of sp³-hybridized carbons (Fsp3) is 0.133. The Kier molecular flexibility index (Phi) is 2.37. The van der Waals surface area contributed by atoms with Crippen LogP contribution in [0, 0.1) is 6.92 Å². The largest absolute Gasteiger partial charge is 0.460 e. The highest BCUT2D eigenvalue weighted by Crippen LogP contribution is 2.41. The van der Waals surface area contributed by atoms with Crippen LogP contribution in [-0.4, -0.2) is 20.1 Å². The summed E-state index contributed by atoms with van der Waals surface area (Å²) in [6, 6.07) is 7.39. The molecule has 1 atom stereocenters. The molecule has 2 N–H and O–H groups in total. The second-order valence-electron chi connectivity index (χ2n) is 5.02. The van der Waals surface area contributed by atoms with E-state index in [0.29, 0.717) is 28.0 Å². The molecular formula is C15H11N3O3. The maximum atomic E-state index is 11.3. The number of aromatic nitrogens is 3. The van der Waals surface area contributed by atoms with E-state index in [4.69, 9.17) is 4.74 Å². The molecule has 0 saturated heterocycles. The van der Waals surface area contributed by atoms with Gasteiger partial charge in [0.05, 0.1) is 5.69 Å². The van der Waals surface area contributed by atoms with Crippen LogP contribution >= 0.6 is 0 Å². The zero-order valence-electron chi connectivity index (χ0n) is 11.1. The van der Waals surface area contributed by atoms with Crippen LogP contribution in [0.4, 0.5) is 0 Å². The Bertz CT molecular complexity index is 933. The van der Waals surface area contributed by atoms with Crippen molar-refractivity contribution >= 4 is 11.0 Å². The molecule has 3 aromatic rings. The minimum atomic E-state index is -1.08. The number of benzene rings is 1. The Morgan fingerprint density at radius 3 is 3.05 bits per heavy atom. The van der Waals surface area contributed by atoms with Crippen LogP contribution < -0.4 is 10.4 Å². The number of ether oxygens (including phenoxy) is 1. The first kappa shape index (κ1) is 12.0. The van der Waals surface area contributed by atoms with Crippen LogP contribution in [0.3, 0.4) is 0 Å². The Morgan fingerprint density at radius 1 is 1.33 bits per heavy atom. The number of pyridine rings is 1. The lowest BCUT2D eigenvalue weighted by Crippen LogP contribution is -2.16. The van der Waals surface area contributed by atoms with Crippen LogP contribution in [-0.2, 0) is 0 Å². The lowest BCUT2D eigenvalue weighted by atomic mass is 9.99. The lowest BCUT2D eigenvalue weighted by molar-refractivity contribution is -0.0215. The monoisotopic (exact) mass is 281 g/mol. The molecule has 0 amide bonds. The molecule has 6 heteroatoms. The molecule has 3 heterocycles. The van der Waals surface area contributed by atoms with Gasteiger partial charge in [-0.25, -0.2) is 14.8 Å². The number of aliphatic hydroxyl groups is 1. The summed E-state index contributed by atoms with van der Waals surface area (Å²) in [6.07, 6.45) is 0.346. The van der Waals surface area contributed by atoms with Gasteiger partial charge in [0.2, 0.25) is 6.29 Å². The maximum Gasteiger partial charge on any atom is 0.346 e. The van der Waals surface area contributed by atoms with Crippen molar-refractivity contribution in [2.24, 2.45) is 0 Å². The van der Waals surface area contributed by atoms with E-state index in [2.05, 4.69) is 15.0 Å². The van der Waals surface area contributed by atoms with Gasteiger partial charge in [-0.1, -0.05) is 11.6 Å². The summed E-state index contributed by atoms with van der Waals surface area (Å²) in [5, 5.41) is 10.8. The molecule has 0 fully saturated rings. The van der Waals surface area contributed by atoms with E-state index in [1.165, 1.54) is 6.20 Å². The molecule has 0 radical (unpaired) electrons. The number of fused-ring (bicyclic) bond motifs is 4. The van der Waals surface area contributed by atoms with Gasteiger partial charge in [0.15, 0.2) is 0 Å². The minimum Gasteiger partial charge on any atom is -0.460 e. The Labute approximate surface area is 119 Å². The number of nitrogens with one attached hydrogen (secondary N) is 1. The number of aliphatic hydroxyl groups excluding tert-OH is 1. The summed E-state index contributed by atoms with van der Waals surface area (Å²) < 4.78 is 5.51. The van der Waals surface area contributed by atoms with Gasteiger partial charge in [-0.3, -0.25) is 4.98 Å². The van der Waals surface area contributed by atoms with Crippen LogP contribution in [0.25, 0.3) is 22.3 Å². The second-order valence-corrected chi connectivity index (χ2v) is 5.02. The number of hydrogen-bond donors (Lipinski definition) is 2. The standard InChI is InChI=1S/C15H11N3O3/c1-7-2-3-11-9(4-7)12-10(14(19)21-11)5-8-6-16-15(20)18-13(8)17-12/h2-6,14,19H,1H3,(H,16,17,18,20). The Morgan fingerprint density at radius 2 is 2.19 bits per heavy atom. The zero-order chi connectivity index (χ0) is 14.6. The van der Waals surface area contributed by atoms with E-state index in [9.17, 15) is 9.90 Å². The third-order valence-electron chi connectivity index (χ3n) is 3.52. The summed E-state index contributed by atoms with van der Waals surface area (Å²) in [6.45, 7) is 1.97. The van der Waals surface area contributed by atoms with Gasteiger partial charge in [-0.15, -0.1) is 0 Å². The molecule has 1 aliphatic rings. The average molecular weight is 281 g/mol. The van der Waals surface area contributed by atoms with E-state index in [1.54, 1.807) is 12.1 Å². The van der Waals surface area contributed by atoms with Gasteiger partial charge in [0, 0.05) is 22.7 Å². The smallest absolute Gasteiger partial charge is 0.346 e. The molecule has 21 heavy (non-hydrogen) atoms. The quantitative estimate of drug-likeness (QED) is 0.654. The summed E-state index contributed by atoms with van der Waals surface area (Å²) >= 11 is 0. The highest BCUT2D eigenvalue weighted by molar-refractivity contribution is 5.82. The van der Waals surface area contributed by atoms with E-state index >= 15 is 0 Å². The molecule has 104 valence electrons. The van der Waals surface area contributed by atoms with Crippen molar-refractivity contribution in [3.8, 4) is 17.0 Å². The molecule has 0 spiro atoms. The molecular weight excluding hydrogens is 270 g/mol. The predicted molar refractivity (Wildman–Crippen MR) is 75.9 cm³/mol. The molecule has 1 aliphatic heterocycles. The second kappa shape index (κ2) is 4.13. The van der Waals surface area contributed by atoms with E-state index in [0.717, 1.165) is 11.1 Å². The van der Waals surface area contributed by atoms with Gasteiger partial charge in [-0.2, -0.15) is 0 Å². The molecule has 1 aromatic carbocycles. The number of hydrogen-bond acceptors (Lipinski definition) is 5. The van der Waals surface area contributed by atoms with Gasteiger partial charge in [0.1, 0.15) is 11.4 Å². The maximum absolute atomic E-state index is 11.3. The fourth-order valence-electron chi connectivity index (χ4n) is 2.52. The van der Waals surface area contributed by atoms with Gasteiger partial charge in [-0.05, 0) is 25.1 Å². The van der Waals surface area contributed by atoms with Crippen LogP contribution in [0.5, 0.6) is 5.75 Å². The van der Waals surface area contributed by atoms with Crippen LogP contribution in [0.1, 0.15) is 17.4 Å². The molecule has 0 saturated carbocycles. The van der Waals surface area contributed by atoms with Gasteiger partial charge < -0.3 is 9.84 Å². The lowest BCUT2D eigenvalue weighted by Gasteiger charge is -2.25. The minimum absolute atomic E-state index is 0.440. The summed E-state index contributed by atoms with van der Waals surface area (Å²) in [7, 11) is 0. The van der Waals surface area contributed by atoms with Crippen molar-refractivity contribution < 1.29 is 9.84 Å². The molecule has 1 unspecified atom stereocenters.